The van der Waals surface area contributed by atoms with Gasteiger partial charge in [0, 0.05) is 5.69 Å². The predicted molar refractivity (Wildman–Crippen MR) is 197 cm³/mol. The van der Waals surface area contributed by atoms with Crippen LogP contribution in [-0.2, 0) is 14.0 Å². The number of anilines is 1. The van der Waals surface area contributed by atoms with E-state index in [1.807, 2.05) is 54.6 Å². The summed E-state index contributed by atoms with van der Waals surface area (Å²) in [6.07, 6.45) is -0.430. The molecule has 0 aliphatic carbocycles. The summed E-state index contributed by atoms with van der Waals surface area (Å²) in [7, 11) is -4.01. The Morgan fingerprint density at radius 2 is 1.38 bits per heavy atom. The highest BCUT2D eigenvalue weighted by Crippen LogP contribution is 2.39. The Kier molecular flexibility index (Phi) is 11.6. The molecule has 50 heavy (non-hydrogen) atoms. The number of benzene rings is 4. The monoisotopic (exact) mass is 716 g/mol. The highest BCUT2D eigenvalue weighted by Gasteiger charge is 2.44. The van der Waals surface area contributed by atoms with Crippen molar-refractivity contribution in [1.29, 1.82) is 0 Å². The van der Waals surface area contributed by atoms with Crippen molar-refractivity contribution in [3.8, 4) is 5.75 Å². The Labute approximate surface area is 295 Å². The molecule has 0 radical (unpaired) electrons. The fourth-order valence-corrected chi connectivity index (χ4v) is 8.12. The molecule has 1 aliphatic rings. The lowest BCUT2D eigenvalue weighted by molar-refractivity contribution is -0.134. The molecular formula is C39H46F2N2O5Si2. The van der Waals surface area contributed by atoms with Gasteiger partial charge in [-0.1, -0.05) is 54.6 Å². The summed E-state index contributed by atoms with van der Waals surface area (Å²) in [4.78, 5) is 29.6. The third kappa shape index (κ3) is 9.89. The molecule has 1 fully saturated rings. The zero-order valence-electron chi connectivity index (χ0n) is 29.5. The lowest BCUT2D eigenvalue weighted by atomic mass is 9.85. The van der Waals surface area contributed by atoms with Gasteiger partial charge < -0.3 is 18.9 Å². The molecule has 4 aromatic rings. The Morgan fingerprint density at radius 1 is 0.800 bits per heavy atom. The summed E-state index contributed by atoms with van der Waals surface area (Å²) >= 11 is 0. The van der Waals surface area contributed by atoms with E-state index < -0.39 is 52.7 Å². The number of nitrogens with one attached hydrogen (secondary N) is 1. The minimum Gasteiger partial charge on any atom is -0.544 e. The van der Waals surface area contributed by atoms with E-state index in [4.69, 9.17) is 13.6 Å². The second kappa shape index (κ2) is 15.7. The van der Waals surface area contributed by atoms with Crippen LogP contribution in [0.25, 0.3) is 0 Å². The van der Waals surface area contributed by atoms with Crippen molar-refractivity contribution in [1.82, 2.24) is 4.90 Å². The van der Waals surface area contributed by atoms with Crippen LogP contribution in [0.15, 0.2) is 103 Å². The maximum absolute atomic E-state index is 15.0. The van der Waals surface area contributed by atoms with Crippen molar-refractivity contribution in [3.63, 3.8) is 0 Å². The van der Waals surface area contributed by atoms with E-state index in [0.29, 0.717) is 18.5 Å². The number of imide groups is 1. The second-order valence-corrected chi connectivity index (χ2v) is 23.5. The number of carbonyl (C=O) groups excluding carboxylic acids is 2. The van der Waals surface area contributed by atoms with Crippen LogP contribution in [0, 0.1) is 17.6 Å². The highest BCUT2D eigenvalue weighted by atomic mass is 28.4. The van der Waals surface area contributed by atoms with Gasteiger partial charge in [-0.05, 0) is 117 Å². The Morgan fingerprint density at radius 3 is 1.96 bits per heavy atom. The molecule has 7 nitrogen and oxygen atoms in total. The number of cyclic esters (lactones) is 1. The number of halogens is 2. The van der Waals surface area contributed by atoms with Crippen molar-refractivity contribution < 1.29 is 32.0 Å². The van der Waals surface area contributed by atoms with E-state index in [-0.39, 0.29) is 18.2 Å². The Bertz CT molecular complexity index is 1730. The predicted octanol–water partition coefficient (Wildman–Crippen LogP) is 10.0. The molecule has 1 aliphatic heterocycles. The first-order valence-electron chi connectivity index (χ1n) is 17.0. The number of hydrogen-bond donors (Lipinski definition) is 1. The fraction of sp³-hybridized carbons (Fsp3) is 0.333. The van der Waals surface area contributed by atoms with Gasteiger partial charge in [-0.15, -0.1) is 0 Å². The first-order chi connectivity index (χ1) is 23.7. The minimum absolute atomic E-state index is 0.0387. The molecule has 0 saturated carbocycles. The molecule has 1 heterocycles. The van der Waals surface area contributed by atoms with E-state index in [1.165, 1.54) is 29.2 Å². The first-order valence-corrected chi connectivity index (χ1v) is 23.8. The molecule has 0 spiro atoms. The van der Waals surface area contributed by atoms with E-state index >= 15 is 0 Å². The van der Waals surface area contributed by atoms with Gasteiger partial charge in [0.25, 0.3) is 0 Å². The summed E-state index contributed by atoms with van der Waals surface area (Å²) in [5.74, 6) is -1.23. The molecule has 11 heteroatoms. The molecule has 5 rings (SSSR count). The molecule has 2 amide bonds. The van der Waals surface area contributed by atoms with Crippen molar-refractivity contribution in [2.75, 3.05) is 11.9 Å². The van der Waals surface area contributed by atoms with Crippen LogP contribution in [0.5, 0.6) is 5.75 Å². The molecular weight excluding hydrogens is 671 g/mol. The molecule has 264 valence electrons. The standard InChI is InChI=1S/C39H46F2N2O5Si2/c1-49(2,3)47-33-22-14-29(15-23-33)37(42-32-20-18-31(41)19-21-32)34(24-25-36(48-50(4,5)6)28-12-16-30(40)17-13-28)38(44)43-35(26-46-39(43)45)27-10-8-7-9-11-27/h7-23,34-37,42H,24-26H2,1-6H3/t34-,35-,36+,37+/m0/s1. The summed E-state index contributed by atoms with van der Waals surface area (Å²) < 4.78 is 46.3. The fourth-order valence-electron chi connectivity index (χ4n) is 6.16. The Balaban J connectivity index is 1.58. The summed E-state index contributed by atoms with van der Waals surface area (Å²) in [5, 5.41) is 3.50. The molecule has 1 N–H and O–H groups in total. The van der Waals surface area contributed by atoms with Gasteiger partial charge in [0.1, 0.15) is 30.0 Å². The normalized spacial score (nSPS) is 16.8. The van der Waals surface area contributed by atoms with Crippen molar-refractivity contribution in [2.45, 2.75) is 70.3 Å². The van der Waals surface area contributed by atoms with Crippen LogP contribution in [0.1, 0.15) is 47.7 Å². The van der Waals surface area contributed by atoms with Gasteiger partial charge in [-0.3, -0.25) is 4.79 Å². The van der Waals surface area contributed by atoms with Crippen LogP contribution in [0.3, 0.4) is 0 Å². The SMILES string of the molecule is C[Si](C)(C)Oc1ccc([C@@H](Nc2ccc(F)cc2)[C@H](CC[C@@H](O[Si](C)(C)C)c2ccc(F)cc2)C(=O)N2C(=O)OC[C@H]2c2ccccc2)cc1. The second-order valence-electron chi connectivity index (χ2n) is 14.6. The molecule has 4 aromatic carbocycles. The topological polar surface area (TPSA) is 77.1 Å². The molecule has 0 bridgehead atoms. The number of rotatable bonds is 14. The lowest BCUT2D eigenvalue weighted by Crippen LogP contribution is -2.42. The molecule has 0 unspecified atom stereocenters. The van der Waals surface area contributed by atoms with Gasteiger partial charge in [0.05, 0.1) is 18.1 Å². The Hall–Kier alpha value is -4.33. The molecule has 0 aromatic heterocycles. The quantitative estimate of drug-likeness (QED) is 0.131. The van der Waals surface area contributed by atoms with Crippen LogP contribution in [0.2, 0.25) is 39.3 Å². The summed E-state index contributed by atoms with van der Waals surface area (Å²) in [6.45, 7) is 12.6. The maximum atomic E-state index is 15.0. The lowest BCUT2D eigenvalue weighted by Gasteiger charge is -2.34. The van der Waals surface area contributed by atoms with Crippen LogP contribution in [-0.4, -0.2) is 40.1 Å². The molecule has 1 saturated heterocycles. The van der Waals surface area contributed by atoms with Gasteiger partial charge >= 0.3 is 6.09 Å². The number of ether oxygens (including phenoxy) is 1. The van der Waals surface area contributed by atoms with E-state index in [2.05, 4.69) is 44.6 Å². The third-order valence-corrected chi connectivity index (χ3v) is 10.2. The van der Waals surface area contributed by atoms with Gasteiger partial charge in [0.15, 0.2) is 8.32 Å². The van der Waals surface area contributed by atoms with Crippen LogP contribution in [0.4, 0.5) is 19.3 Å². The summed E-state index contributed by atoms with van der Waals surface area (Å²) in [5.41, 5.74) is 2.98. The van der Waals surface area contributed by atoms with Crippen LogP contribution < -0.4 is 9.74 Å². The zero-order chi connectivity index (χ0) is 36.1. The maximum Gasteiger partial charge on any atom is 0.417 e. The van der Waals surface area contributed by atoms with Gasteiger partial charge in [-0.25, -0.2) is 18.5 Å². The number of carbonyl (C=O) groups is 2. The van der Waals surface area contributed by atoms with Gasteiger partial charge in [0.2, 0.25) is 14.2 Å². The molecule has 4 atom stereocenters. The summed E-state index contributed by atoms with van der Waals surface area (Å²) in [6, 6.07) is 27.9. The van der Waals surface area contributed by atoms with E-state index in [9.17, 15) is 18.4 Å². The first kappa shape index (κ1) is 36.9. The van der Waals surface area contributed by atoms with E-state index in [1.54, 1.807) is 24.3 Å². The van der Waals surface area contributed by atoms with Crippen LogP contribution >= 0.6 is 0 Å². The third-order valence-electron chi connectivity index (χ3n) is 8.32. The van der Waals surface area contributed by atoms with Crippen molar-refractivity contribution >= 4 is 34.3 Å². The largest absolute Gasteiger partial charge is 0.544 e. The van der Waals surface area contributed by atoms with Gasteiger partial charge in [-0.2, -0.15) is 0 Å². The van der Waals surface area contributed by atoms with Crippen molar-refractivity contribution in [2.24, 2.45) is 5.92 Å². The zero-order valence-corrected chi connectivity index (χ0v) is 31.5. The average Bonchev–Trinajstić information content (AvgIpc) is 3.45. The average molecular weight is 717 g/mol. The number of nitrogens with zero attached hydrogens (tertiary/aromatic N) is 1. The van der Waals surface area contributed by atoms with E-state index in [0.717, 1.165) is 22.4 Å². The highest BCUT2D eigenvalue weighted by molar-refractivity contribution is 6.70. The number of amides is 2. The number of hydrogen-bond acceptors (Lipinski definition) is 6. The van der Waals surface area contributed by atoms with Crippen molar-refractivity contribution in [3.05, 3.63) is 131 Å². The smallest absolute Gasteiger partial charge is 0.417 e. The minimum atomic E-state index is -2.12.